The first-order valence-corrected chi connectivity index (χ1v) is 11.3. The smallest absolute Gasteiger partial charge is 0.119 e. The van der Waals surface area contributed by atoms with Gasteiger partial charge < -0.3 is 10.2 Å². The van der Waals surface area contributed by atoms with Gasteiger partial charge in [0.15, 0.2) is 0 Å². The molecule has 0 saturated heterocycles. The molecule has 4 aliphatic carbocycles. The largest absolute Gasteiger partial charge is 0.508 e. The monoisotopic (exact) mass is 374 g/mol. The van der Waals surface area contributed by atoms with E-state index in [0.717, 1.165) is 25.7 Å². The number of phenolic OH excluding ortho intramolecular Hbond substituents is 2. The molecule has 28 heavy (non-hydrogen) atoms. The molecule has 0 radical (unpaired) electrons. The molecule has 4 aliphatic rings. The fraction of sp³-hybridized carbons (Fsp3) is 0.538. The van der Waals surface area contributed by atoms with Crippen molar-refractivity contribution >= 4 is 0 Å². The predicted molar refractivity (Wildman–Crippen MR) is 112 cm³/mol. The summed E-state index contributed by atoms with van der Waals surface area (Å²) in [5, 5.41) is 21.2. The Hall–Kier alpha value is -1.96. The van der Waals surface area contributed by atoms with Gasteiger partial charge in [0.05, 0.1) is 0 Å². The molecule has 0 bridgehead atoms. The predicted octanol–water partition coefficient (Wildman–Crippen LogP) is 6.08. The molecule has 0 amide bonds. The van der Waals surface area contributed by atoms with Gasteiger partial charge in [0.25, 0.3) is 0 Å². The van der Waals surface area contributed by atoms with Crippen molar-refractivity contribution in [2.45, 2.75) is 77.0 Å². The second kappa shape index (κ2) is 5.78. The molecule has 2 fully saturated rings. The van der Waals surface area contributed by atoms with E-state index in [0.29, 0.717) is 22.3 Å². The number of hydrogen-bond acceptors (Lipinski definition) is 2. The lowest BCUT2D eigenvalue weighted by molar-refractivity contribution is 0.315. The maximum Gasteiger partial charge on any atom is 0.119 e. The second-order valence-electron chi connectivity index (χ2n) is 10.3. The van der Waals surface area contributed by atoms with Gasteiger partial charge in [0.2, 0.25) is 0 Å². The summed E-state index contributed by atoms with van der Waals surface area (Å²) in [5.74, 6) is 0.982. The molecule has 6 rings (SSSR count). The minimum Gasteiger partial charge on any atom is -0.508 e. The first-order valence-electron chi connectivity index (χ1n) is 11.3. The first-order chi connectivity index (χ1) is 13.6. The summed E-state index contributed by atoms with van der Waals surface area (Å²) in [4.78, 5) is 0. The Kier molecular flexibility index (Phi) is 3.50. The van der Waals surface area contributed by atoms with Crippen molar-refractivity contribution in [1.29, 1.82) is 0 Å². The Balaban J connectivity index is 1.48. The zero-order valence-electron chi connectivity index (χ0n) is 16.7. The van der Waals surface area contributed by atoms with Crippen molar-refractivity contribution in [1.82, 2.24) is 0 Å². The summed E-state index contributed by atoms with van der Waals surface area (Å²) >= 11 is 0. The molecular formula is C26H30O2. The van der Waals surface area contributed by atoms with Crippen LogP contribution in [0.3, 0.4) is 0 Å². The van der Waals surface area contributed by atoms with Crippen LogP contribution in [0.25, 0.3) is 11.1 Å². The van der Waals surface area contributed by atoms with Crippen molar-refractivity contribution in [3.63, 3.8) is 0 Å². The Morgan fingerprint density at radius 3 is 1.25 bits per heavy atom. The third kappa shape index (κ3) is 2.33. The van der Waals surface area contributed by atoms with Crippen molar-refractivity contribution in [2.24, 2.45) is 10.8 Å². The molecular weight excluding hydrogens is 344 g/mol. The molecule has 2 N–H and O–H groups in total. The maximum absolute atomic E-state index is 10.6. The van der Waals surface area contributed by atoms with E-state index in [9.17, 15) is 10.2 Å². The summed E-state index contributed by atoms with van der Waals surface area (Å²) in [7, 11) is 0. The molecule has 2 nitrogen and oxygen atoms in total. The van der Waals surface area contributed by atoms with Gasteiger partial charge >= 0.3 is 0 Å². The Bertz CT molecular complexity index is 879. The molecule has 0 aliphatic heterocycles. The quantitative estimate of drug-likeness (QED) is 0.635. The fourth-order valence-corrected chi connectivity index (χ4v) is 7.25. The van der Waals surface area contributed by atoms with Crippen molar-refractivity contribution in [2.75, 3.05) is 0 Å². The van der Waals surface area contributed by atoms with Gasteiger partial charge in [-0.2, -0.15) is 0 Å². The third-order valence-corrected chi connectivity index (χ3v) is 8.64. The number of phenols is 2. The van der Waals surface area contributed by atoms with Crippen LogP contribution < -0.4 is 0 Å². The highest BCUT2D eigenvalue weighted by Crippen LogP contribution is 2.56. The van der Waals surface area contributed by atoms with Crippen LogP contribution in [0.5, 0.6) is 11.5 Å². The number of fused-ring (bicyclic) bond motifs is 2. The van der Waals surface area contributed by atoms with Crippen LogP contribution in [-0.2, 0) is 25.7 Å². The lowest BCUT2D eigenvalue weighted by Crippen LogP contribution is -2.16. The van der Waals surface area contributed by atoms with E-state index in [2.05, 4.69) is 12.1 Å². The zero-order chi connectivity index (χ0) is 18.9. The normalized spacial score (nSPS) is 23.6. The standard InChI is InChI=1S/C26H30O2/c27-23-7-5-17(19-13-25(15-21(19)23)9-1-2-10-25)18-6-8-24(28)22-16-26(14-20(18)22)11-3-4-12-26/h5-8,27-28H,1-4,9-16H2. The van der Waals surface area contributed by atoms with E-state index < -0.39 is 0 Å². The fourth-order valence-electron chi connectivity index (χ4n) is 7.25. The van der Waals surface area contributed by atoms with Crippen LogP contribution in [0.1, 0.15) is 73.6 Å². The Labute approximate surface area is 167 Å². The summed E-state index contributed by atoms with van der Waals surface area (Å²) in [6.45, 7) is 0. The van der Waals surface area contributed by atoms with Crippen LogP contribution >= 0.6 is 0 Å². The van der Waals surface area contributed by atoms with Gasteiger partial charge in [-0.3, -0.25) is 0 Å². The summed E-state index contributed by atoms with van der Waals surface area (Å²) < 4.78 is 0. The van der Waals surface area contributed by atoms with Gasteiger partial charge in [-0.25, -0.2) is 0 Å². The summed E-state index contributed by atoms with van der Waals surface area (Å²) in [6.07, 6.45) is 14.9. The molecule has 0 unspecified atom stereocenters. The first kappa shape index (κ1) is 16.9. The molecule has 146 valence electrons. The van der Waals surface area contributed by atoms with Crippen molar-refractivity contribution in [3.05, 3.63) is 46.5 Å². The van der Waals surface area contributed by atoms with Gasteiger partial charge in [-0.05, 0) is 108 Å². The number of rotatable bonds is 1. The average molecular weight is 375 g/mol. The van der Waals surface area contributed by atoms with Crippen molar-refractivity contribution in [3.8, 4) is 22.6 Å². The zero-order valence-corrected chi connectivity index (χ0v) is 16.7. The van der Waals surface area contributed by atoms with Crippen LogP contribution in [0.2, 0.25) is 0 Å². The number of hydrogen-bond donors (Lipinski definition) is 2. The summed E-state index contributed by atoms with van der Waals surface area (Å²) in [6, 6.07) is 8.13. The lowest BCUT2D eigenvalue weighted by Gasteiger charge is -2.22. The molecule has 2 saturated carbocycles. The van der Waals surface area contributed by atoms with Crippen LogP contribution in [0, 0.1) is 10.8 Å². The molecule has 0 heterocycles. The van der Waals surface area contributed by atoms with Gasteiger partial charge in [-0.15, -0.1) is 0 Å². The SMILES string of the molecule is Oc1ccc(-c2ccc(O)c3c2CC2(CCCC2)C3)c2c1CC1(CCCC1)C2. The van der Waals surface area contributed by atoms with Gasteiger partial charge in [0, 0.05) is 0 Å². The van der Waals surface area contributed by atoms with Gasteiger partial charge in [-0.1, -0.05) is 37.8 Å². The number of aromatic hydroxyl groups is 2. The lowest BCUT2D eigenvalue weighted by atomic mass is 9.82. The Morgan fingerprint density at radius 1 is 0.500 bits per heavy atom. The molecule has 2 aromatic carbocycles. The van der Waals surface area contributed by atoms with Crippen LogP contribution in [0.4, 0.5) is 0 Å². The van der Waals surface area contributed by atoms with E-state index >= 15 is 0 Å². The third-order valence-electron chi connectivity index (χ3n) is 8.64. The van der Waals surface area contributed by atoms with E-state index in [1.807, 2.05) is 12.1 Å². The molecule has 2 aromatic rings. The molecule has 0 aromatic heterocycles. The van der Waals surface area contributed by atoms with Crippen LogP contribution in [0.15, 0.2) is 24.3 Å². The van der Waals surface area contributed by atoms with E-state index in [-0.39, 0.29) is 0 Å². The number of benzene rings is 2. The van der Waals surface area contributed by atoms with Gasteiger partial charge in [0.1, 0.15) is 11.5 Å². The minimum atomic E-state index is 0.392. The second-order valence-corrected chi connectivity index (χ2v) is 10.3. The Morgan fingerprint density at radius 2 is 0.857 bits per heavy atom. The molecule has 0 atom stereocenters. The summed E-state index contributed by atoms with van der Waals surface area (Å²) in [5.41, 5.74) is 8.62. The minimum absolute atomic E-state index is 0.392. The van der Waals surface area contributed by atoms with Crippen molar-refractivity contribution < 1.29 is 10.2 Å². The van der Waals surface area contributed by atoms with E-state index in [4.69, 9.17) is 0 Å². The van der Waals surface area contributed by atoms with E-state index in [1.165, 1.54) is 84.7 Å². The highest BCUT2D eigenvalue weighted by Gasteiger charge is 2.44. The topological polar surface area (TPSA) is 40.5 Å². The molecule has 2 heteroatoms. The highest BCUT2D eigenvalue weighted by atomic mass is 16.3. The maximum atomic E-state index is 10.6. The average Bonchev–Trinajstić information content (AvgIpc) is 3.46. The van der Waals surface area contributed by atoms with E-state index in [1.54, 1.807) is 0 Å². The highest BCUT2D eigenvalue weighted by molar-refractivity contribution is 5.77. The van der Waals surface area contributed by atoms with Crippen LogP contribution in [-0.4, -0.2) is 10.2 Å². The molecule has 2 spiro atoms.